The van der Waals surface area contributed by atoms with Gasteiger partial charge in [-0.05, 0) is 42.5 Å². The molecule has 0 spiro atoms. The molecule has 4 aromatic rings. The number of anilines is 1. The van der Waals surface area contributed by atoms with Crippen molar-refractivity contribution in [1.82, 2.24) is 19.7 Å². The van der Waals surface area contributed by atoms with Crippen molar-refractivity contribution in [2.75, 3.05) is 11.9 Å². The van der Waals surface area contributed by atoms with E-state index < -0.39 is 6.10 Å². The lowest BCUT2D eigenvalue weighted by Crippen LogP contribution is -2.40. The van der Waals surface area contributed by atoms with Gasteiger partial charge in [0.1, 0.15) is 18.7 Å². The van der Waals surface area contributed by atoms with Crippen LogP contribution in [0.15, 0.2) is 79.4 Å². The average Bonchev–Trinajstić information content (AvgIpc) is 3.35. The Morgan fingerprint density at radius 3 is 2.61 bits per heavy atom. The van der Waals surface area contributed by atoms with Gasteiger partial charge in [0.05, 0.1) is 0 Å². The fourth-order valence-electron chi connectivity index (χ4n) is 3.00. The predicted octanol–water partition coefficient (Wildman–Crippen LogP) is 3.23. The summed E-state index contributed by atoms with van der Waals surface area (Å²) >= 11 is 0. The second-order valence-electron chi connectivity index (χ2n) is 6.68. The number of amides is 1. The molecule has 1 unspecified atom stereocenters. The molecule has 2 aromatic heterocycles. The fourth-order valence-corrected chi connectivity index (χ4v) is 3.00. The zero-order valence-corrected chi connectivity index (χ0v) is 16.2. The third-order valence-corrected chi connectivity index (χ3v) is 4.54. The normalized spacial score (nSPS) is 14.6. The Kier molecular flexibility index (Phi) is 4.89. The minimum Gasteiger partial charge on any atom is -0.485 e. The smallest absolute Gasteiger partial charge is 0.269 e. The lowest BCUT2D eigenvalue weighted by molar-refractivity contribution is -0.125. The standard InChI is InChI=1S/C22H17N5O4/c28-22(19-13-29-17-3-1-2-4-18(17)31-19)24-15-5-7-16(8-6-15)30-21-10-9-20(25-26-21)27-12-11-23-14-27/h1-12,14,19H,13H2,(H,24,28). The number of fused-ring (bicyclic) bond motifs is 1. The summed E-state index contributed by atoms with van der Waals surface area (Å²) in [5, 5.41) is 11.0. The molecule has 9 nitrogen and oxygen atoms in total. The molecule has 0 saturated heterocycles. The first-order chi connectivity index (χ1) is 15.2. The molecule has 9 heteroatoms. The zero-order chi connectivity index (χ0) is 21.0. The maximum atomic E-state index is 12.5. The number of ether oxygens (including phenoxy) is 3. The van der Waals surface area contributed by atoms with Crippen molar-refractivity contribution < 1.29 is 19.0 Å². The van der Waals surface area contributed by atoms with Gasteiger partial charge in [-0.15, -0.1) is 10.2 Å². The maximum Gasteiger partial charge on any atom is 0.269 e. The number of rotatable bonds is 5. The second kappa shape index (κ2) is 8.15. The van der Waals surface area contributed by atoms with Crippen LogP contribution >= 0.6 is 0 Å². The molecular weight excluding hydrogens is 398 g/mol. The van der Waals surface area contributed by atoms with E-state index in [1.807, 2.05) is 12.1 Å². The van der Waals surface area contributed by atoms with Crippen molar-refractivity contribution in [3.63, 3.8) is 0 Å². The average molecular weight is 415 g/mol. The van der Waals surface area contributed by atoms with Crippen molar-refractivity contribution in [3.05, 3.63) is 79.4 Å². The summed E-state index contributed by atoms with van der Waals surface area (Å²) in [6, 6.07) is 17.7. The first kappa shape index (κ1) is 18.6. The number of benzene rings is 2. The lowest BCUT2D eigenvalue weighted by atomic mass is 10.2. The summed E-state index contributed by atoms with van der Waals surface area (Å²) in [7, 11) is 0. The molecular formula is C22H17N5O4. The van der Waals surface area contributed by atoms with Crippen molar-refractivity contribution in [1.29, 1.82) is 0 Å². The van der Waals surface area contributed by atoms with Gasteiger partial charge in [0.25, 0.3) is 5.91 Å². The highest BCUT2D eigenvalue weighted by atomic mass is 16.6. The summed E-state index contributed by atoms with van der Waals surface area (Å²) in [6.45, 7) is 0.151. The summed E-state index contributed by atoms with van der Waals surface area (Å²) in [5.41, 5.74) is 0.612. The van der Waals surface area contributed by atoms with Crippen LogP contribution in [0.25, 0.3) is 5.82 Å². The van der Waals surface area contributed by atoms with Crippen LogP contribution in [0.5, 0.6) is 23.1 Å². The van der Waals surface area contributed by atoms with E-state index in [-0.39, 0.29) is 12.5 Å². The van der Waals surface area contributed by atoms with E-state index in [4.69, 9.17) is 14.2 Å². The predicted molar refractivity (Wildman–Crippen MR) is 111 cm³/mol. The third kappa shape index (κ3) is 4.15. The molecule has 0 fully saturated rings. The molecule has 0 aliphatic carbocycles. The van der Waals surface area contributed by atoms with E-state index >= 15 is 0 Å². The van der Waals surface area contributed by atoms with Gasteiger partial charge < -0.3 is 19.5 Å². The number of nitrogens with zero attached hydrogens (tertiary/aromatic N) is 4. The highest BCUT2D eigenvalue weighted by Crippen LogP contribution is 2.31. The number of nitrogens with one attached hydrogen (secondary N) is 1. The van der Waals surface area contributed by atoms with Gasteiger partial charge in [-0.25, -0.2) is 4.98 Å². The minimum atomic E-state index is -0.727. The molecule has 3 heterocycles. The van der Waals surface area contributed by atoms with E-state index in [9.17, 15) is 4.79 Å². The third-order valence-electron chi connectivity index (χ3n) is 4.54. The van der Waals surface area contributed by atoms with Crippen LogP contribution in [0.4, 0.5) is 5.69 Å². The maximum absolute atomic E-state index is 12.5. The number of para-hydroxylation sites is 2. The molecule has 1 N–H and O–H groups in total. The Morgan fingerprint density at radius 1 is 1.03 bits per heavy atom. The molecule has 31 heavy (non-hydrogen) atoms. The van der Waals surface area contributed by atoms with Gasteiger partial charge in [0, 0.05) is 24.1 Å². The van der Waals surface area contributed by atoms with E-state index in [2.05, 4.69) is 20.5 Å². The van der Waals surface area contributed by atoms with E-state index in [1.165, 1.54) is 0 Å². The summed E-state index contributed by atoms with van der Waals surface area (Å²) in [4.78, 5) is 16.5. The Hall–Kier alpha value is -4.40. The molecule has 1 aliphatic rings. The second-order valence-corrected chi connectivity index (χ2v) is 6.68. The number of hydrogen-bond donors (Lipinski definition) is 1. The van der Waals surface area contributed by atoms with Crippen LogP contribution in [0, 0.1) is 0 Å². The Morgan fingerprint density at radius 2 is 1.87 bits per heavy atom. The van der Waals surface area contributed by atoms with E-state index in [0.717, 1.165) is 0 Å². The fraction of sp³-hybridized carbons (Fsp3) is 0.0909. The highest BCUT2D eigenvalue weighted by Gasteiger charge is 2.27. The summed E-state index contributed by atoms with van der Waals surface area (Å²) < 4.78 is 18.8. The molecule has 1 atom stereocenters. The Labute approximate surface area is 177 Å². The van der Waals surface area contributed by atoms with Gasteiger partial charge in [-0.1, -0.05) is 12.1 Å². The van der Waals surface area contributed by atoms with Gasteiger partial charge in [-0.2, -0.15) is 0 Å². The van der Waals surface area contributed by atoms with Crippen LogP contribution in [-0.2, 0) is 4.79 Å². The van der Waals surface area contributed by atoms with Crippen LogP contribution in [0.2, 0.25) is 0 Å². The molecule has 5 rings (SSSR count). The first-order valence-electron chi connectivity index (χ1n) is 9.54. The number of aromatic nitrogens is 4. The first-order valence-corrected chi connectivity index (χ1v) is 9.54. The van der Waals surface area contributed by atoms with E-state index in [1.54, 1.807) is 71.8 Å². The Bertz CT molecular complexity index is 1180. The molecule has 1 amide bonds. The Balaban J connectivity index is 1.19. The number of carbonyl (C=O) groups excluding carboxylic acids is 1. The number of hydrogen-bond acceptors (Lipinski definition) is 7. The van der Waals surface area contributed by atoms with Crippen molar-refractivity contribution in [2.45, 2.75) is 6.10 Å². The molecule has 0 bridgehead atoms. The number of carbonyl (C=O) groups is 1. The van der Waals surface area contributed by atoms with Gasteiger partial charge in [-0.3, -0.25) is 9.36 Å². The van der Waals surface area contributed by atoms with Crippen LogP contribution < -0.4 is 19.5 Å². The molecule has 1 aliphatic heterocycles. The number of imidazole rings is 1. The topological polar surface area (TPSA) is 100 Å². The quantitative estimate of drug-likeness (QED) is 0.534. The van der Waals surface area contributed by atoms with Crippen LogP contribution in [0.1, 0.15) is 0 Å². The van der Waals surface area contributed by atoms with E-state index in [0.29, 0.717) is 34.6 Å². The van der Waals surface area contributed by atoms with Crippen LogP contribution in [0.3, 0.4) is 0 Å². The highest BCUT2D eigenvalue weighted by molar-refractivity contribution is 5.94. The summed E-state index contributed by atoms with van der Waals surface area (Å²) in [5.74, 6) is 2.46. The minimum absolute atomic E-state index is 0.151. The monoisotopic (exact) mass is 415 g/mol. The molecule has 0 saturated carbocycles. The molecule has 0 radical (unpaired) electrons. The lowest BCUT2D eigenvalue weighted by Gasteiger charge is -2.25. The van der Waals surface area contributed by atoms with Crippen LogP contribution in [-0.4, -0.2) is 38.4 Å². The SMILES string of the molecule is O=C(Nc1ccc(Oc2ccc(-n3ccnc3)nn2)cc1)C1COc2ccccc2O1. The van der Waals surface area contributed by atoms with Gasteiger partial charge in [0.2, 0.25) is 12.0 Å². The van der Waals surface area contributed by atoms with Crippen molar-refractivity contribution >= 4 is 11.6 Å². The largest absolute Gasteiger partial charge is 0.485 e. The molecule has 2 aromatic carbocycles. The van der Waals surface area contributed by atoms with Crippen molar-refractivity contribution in [2.24, 2.45) is 0 Å². The van der Waals surface area contributed by atoms with Gasteiger partial charge >= 0.3 is 0 Å². The zero-order valence-electron chi connectivity index (χ0n) is 16.2. The van der Waals surface area contributed by atoms with Crippen molar-refractivity contribution in [3.8, 4) is 28.9 Å². The van der Waals surface area contributed by atoms with Gasteiger partial charge in [0.15, 0.2) is 17.3 Å². The summed E-state index contributed by atoms with van der Waals surface area (Å²) in [6.07, 6.45) is 4.36. The molecule has 154 valence electrons.